The smallest absolute Gasteiger partial charge is 0.225 e. The number of aromatic nitrogens is 1. The van der Waals surface area contributed by atoms with E-state index in [1.54, 1.807) is 6.20 Å². The van der Waals surface area contributed by atoms with E-state index in [0.717, 1.165) is 42.5 Å². The number of amides is 1. The molecule has 0 bridgehead atoms. The van der Waals surface area contributed by atoms with Gasteiger partial charge in [-0.3, -0.25) is 9.78 Å². The molecular weight excluding hydrogens is 360 g/mol. The maximum Gasteiger partial charge on any atom is 0.225 e. The van der Waals surface area contributed by atoms with Crippen LogP contribution in [0.1, 0.15) is 39.2 Å². The number of carbonyl (C=O) groups is 1. The van der Waals surface area contributed by atoms with E-state index in [4.69, 9.17) is 11.6 Å². The fraction of sp³-hybridized carbons (Fsp3) is 0.476. The summed E-state index contributed by atoms with van der Waals surface area (Å²) in [6, 6.07) is 7.85. The van der Waals surface area contributed by atoms with E-state index in [0.29, 0.717) is 23.0 Å². The van der Waals surface area contributed by atoms with Gasteiger partial charge in [-0.1, -0.05) is 32.4 Å². The van der Waals surface area contributed by atoms with Gasteiger partial charge in [0.05, 0.1) is 16.8 Å². The van der Waals surface area contributed by atoms with Gasteiger partial charge in [-0.05, 0) is 37.0 Å². The zero-order valence-electron chi connectivity index (χ0n) is 16.1. The largest absolute Gasteiger partial charge is 0.370 e. The number of pyridine rings is 1. The van der Waals surface area contributed by atoms with Crippen molar-refractivity contribution < 1.29 is 4.79 Å². The molecule has 2 aromatic rings. The minimum Gasteiger partial charge on any atom is -0.370 e. The van der Waals surface area contributed by atoms with Gasteiger partial charge in [0, 0.05) is 41.7 Å². The van der Waals surface area contributed by atoms with Gasteiger partial charge in [0.15, 0.2) is 0 Å². The Morgan fingerprint density at radius 3 is 2.93 bits per heavy atom. The first-order chi connectivity index (χ1) is 12.8. The summed E-state index contributed by atoms with van der Waals surface area (Å²) in [6.45, 7) is 8.08. The molecule has 5 nitrogen and oxygen atoms in total. The Labute approximate surface area is 165 Å². The number of rotatable bonds is 3. The number of halogens is 1. The van der Waals surface area contributed by atoms with Crippen molar-refractivity contribution in [3.8, 4) is 6.07 Å². The molecule has 3 rings (SSSR count). The van der Waals surface area contributed by atoms with Crippen molar-refractivity contribution in [1.29, 1.82) is 5.26 Å². The third-order valence-corrected chi connectivity index (χ3v) is 5.22. The third kappa shape index (κ3) is 4.33. The number of hydrogen-bond acceptors (Lipinski definition) is 4. The second kappa shape index (κ2) is 7.74. The van der Waals surface area contributed by atoms with Crippen LogP contribution in [0.2, 0.25) is 5.02 Å². The van der Waals surface area contributed by atoms with Crippen LogP contribution in [-0.4, -0.2) is 30.5 Å². The first-order valence-electron chi connectivity index (χ1n) is 9.31. The van der Waals surface area contributed by atoms with E-state index in [1.807, 2.05) is 39.0 Å². The lowest BCUT2D eigenvalue weighted by Crippen LogP contribution is -2.43. The number of benzene rings is 1. The summed E-state index contributed by atoms with van der Waals surface area (Å²) in [5.74, 6) is 0.414. The minimum absolute atomic E-state index is 0.0680. The second-order valence-corrected chi connectivity index (χ2v) is 8.64. The van der Waals surface area contributed by atoms with Crippen LogP contribution in [0, 0.1) is 22.7 Å². The van der Waals surface area contributed by atoms with Gasteiger partial charge >= 0.3 is 0 Å². The van der Waals surface area contributed by atoms with Crippen molar-refractivity contribution in [2.24, 2.45) is 11.3 Å². The molecule has 1 fully saturated rings. The van der Waals surface area contributed by atoms with E-state index in [2.05, 4.69) is 21.3 Å². The summed E-state index contributed by atoms with van der Waals surface area (Å²) in [5.41, 5.74) is 1.90. The van der Waals surface area contributed by atoms with E-state index < -0.39 is 0 Å². The lowest BCUT2D eigenvalue weighted by atomic mass is 9.93. The van der Waals surface area contributed by atoms with E-state index in [-0.39, 0.29) is 11.3 Å². The van der Waals surface area contributed by atoms with E-state index in [1.165, 1.54) is 0 Å². The van der Waals surface area contributed by atoms with Crippen LogP contribution in [0.15, 0.2) is 24.4 Å². The number of piperidine rings is 1. The van der Waals surface area contributed by atoms with Crippen LogP contribution in [0.25, 0.3) is 10.9 Å². The SMILES string of the molecule is CC(C)(C)C(=O)NCC1CCCN(c2c(C#N)cnc3ccc(Cl)cc23)C1. The number of fused-ring (bicyclic) bond motifs is 1. The van der Waals surface area contributed by atoms with Crippen molar-refractivity contribution in [3.05, 3.63) is 35.0 Å². The van der Waals surface area contributed by atoms with Crippen molar-refractivity contribution in [1.82, 2.24) is 10.3 Å². The Hall–Kier alpha value is -2.32. The molecule has 0 aliphatic carbocycles. The first-order valence-corrected chi connectivity index (χ1v) is 9.69. The number of nitriles is 1. The molecule has 0 radical (unpaired) electrons. The molecule has 1 saturated heterocycles. The molecule has 1 aromatic carbocycles. The standard InChI is InChI=1S/C21H25ClN4O/c1-21(2,3)20(27)25-11-14-5-4-8-26(13-14)19-15(10-23)12-24-18-7-6-16(22)9-17(18)19/h6-7,9,12,14H,4-5,8,11,13H2,1-3H3,(H,25,27). The van der Waals surface area contributed by atoms with Gasteiger partial charge in [0.1, 0.15) is 6.07 Å². The van der Waals surface area contributed by atoms with E-state index >= 15 is 0 Å². The zero-order valence-corrected chi connectivity index (χ0v) is 16.8. The van der Waals surface area contributed by atoms with Gasteiger partial charge in [-0.2, -0.15) is 5.26 Å². The molecule has 142 valence electrons. The molecular formula is C21H25ClN4O. The maximum absolute atomic E-state index is 12.2. The second-order valence-electron chi connectivity index (χ2n) is 8.21. The molecule has 1 N–H and O–H groups in total. The molecule has 1 amide bonds. The van der Waals surface area contributed by atoms with E-state index in [9.17, 15) is 10.1 Å². The van der Waals surface area contributed by atoms with Crippen molar-refractivity contribution in [3.63, 3.8) is 0 Å². The number of hydrogen-bond donors (Lipinski definition) is 1. The van der Waals surface area contributed by atoms with Crippen molar-refractivity contribution in [2.75, 3.05) is 24.5 Å². The molecule has 1 unspecified atom stereocenters. The molecule has 6 heteroatoms. The van der Waals surface area contributed by atoms with Crippen LogP contribution < -0.4 is 10.2 Å². The molecule has 1 aliphatic heterocycles. The Balaban J connectivity index is 1.85. The summed E-state index contributed by atoms with van der Waals surface area (Å²) in [4.78, 5) is 18.8. The molecule has 1 aromatic heterocycles. The number of nitrogens with one attached hydrogen (secondary N) is 1. The predicted molar refractivity (Wildman–Crippen MR) is 109 cm³/mol. The van der Waals surface area contributed by atoms with Gasteiger partial charge in [-0.15, -0.1) is 0 Å². The fourth-order valence-electron chi connectivity index (χ4n) is 3.51. The Bertz CT molecular complexity index is 897. The predicted octanol–water partition coefficient (Wildman–Crippen LogP) is 4.14. The number of nitrogens with zero attached hydrogens (tertiary/aromatic N) is 3. The Morgan fingerprint density at radius 2 is 2.22 bits per heavy atom. The lowest BCUT2D eigenvalue weighted by molar-refractivity contribution is -0.128. The van der Waals surface area contributed by atoms with Gasteiger partial charge in [0.25, 0.3) is 0 Å². The minimum atomic E-state index is -0.389. The van der Waals surface area contributed by atoms with Gasteiger partial charge < -0.3 is 10.2 Å². The highest BCUT2D eigenvalue weighted by atomic mass is 35.5. The molecule has 1 aliphatic rings. The Kier molecular flexibility index (Phi) is 5.57. The summed E-state index contributed by atoms with van der Waals surface area (Å²) in [6.07, 6.45) is 3.72. The zero-order chi connectivity index (χ0) is 19.6. The molecule has 1 atom stereocenters. The highest BCUT2D eigenvalue weighted by Crippen LogP contribution is 2.34. The average Bonchev–Trinajstić information content (AvgIpc) is 2.64. The van der Waals surface area contributed by atoms with Crippen molar-refractivity contribution >= 4 is 34.1 Å². The van der Waals surface area contributed by atoms with Gasteiger partial charge in [0.2, 0.25) is 5.91 Å². The summed E-state index contributed by atoms with van der Waals surface area (Å²) in [7, 11) is 0. The molecule has 27 heavy (non-hydrogen) atoms. The molecule has 0 saturated carbocycles. The quantitative estimate of drug-likeness (QED) is 0.863. The number of anilines is 1. The number of carbonyl (C=O) groups excluding carboxylic acids is 1. The normalized spacial score (nSPS) is 17.6. The van der Waals surface area contributed by atoms with Crippen LogP contribution in [-0.2, 0) is 4.79 Å². The maximum atomic E-state index is 12.2. The third-order valence-electron chi connectivity index (χ3n) is 4.99. The Morgan fingerprint density at radius 1 is 1.44 bits per heavy atom. The van der Waals surface area contributed by atoms with Gasteiger partial charge in [-0.25, -0.2) is 0 Å². The average molecular weight is 385 g/mol. The lowest BCUT2D eigenvalue weighted by Gasteiger charge is -2.36. The summed E-state index contributed by atoms with van der Waals surface area (Å²) < 4.78 is 0. The fourth-order valence-corrected chi connectivity index (χ4v) is 3.68. The summed E-state index contributed by atoms with van der Waals surface area (Å²) in [5, 5.41) is 14.2. The summed E-state index contributed by atoms with van der Waals surface area (Å²) >= 11 is 6.20. The van der Waals surface area contributed by atoms with Crippen LogP contribution in [0.4, 0.5) is 5.69 Å². The van der Waals surface area contributed by atoms with Crippen LogP contribution in [0.5, 0.6) is 0 Å². The highest BCUT2D eigenvalue weighted by molar-refractivity contribution is 6.31. The van der Waals surface area contributed by atoms with Crippen LogP contribution >= 0.6 is 11.6 Å². The first kappa shape index (κ1) is 19.4. The highest BCUT2D eigenvalue weighted by Gasteiger charge is 2.26. The monoisotopic (exact) mass is 384 g/mol. The topological polar surface area (TPSA) is 69.0 Å². The molecule has 2 heterocycles. The van der Waals surface area contributed by atoms with Crippen LogP contribution in [0.3, 0.4) is 0 Å². The molecule has 0 spiro atoms. The van der Waals surface area contributed by atoms with Crippen molar-refractivity contribution in [2.45, 2.75) is 33.6 Å².